The normalized spacial score (nSPS) is 16.2. The molecule has 0 spiro atoms. The Balaban J connectivity index is 1.46. The number of benzene rings is 2. The number of nitrogens with zero attached hydrogens (tertiary/aromatic N) is 2. The van der Waals surface area contributed by atoms with E-state index in [1.807, 2.05) is 48.7 Å². The van der Waals surface area contributed by atoms with Crippen LogP contribution in [0.25, 0.3) is 0 Å². The Morgan fingerprint density at radius 1 is 1.07 bits per heavy atom. The molecule has 5 nitrogen and oxygen atoms in total. The minimum atomic E-state index is 0.155. The molecule has 0 fully saturated rings. The predicted octanol–water partition coefficient (Wildman–Crippen LogP) is 3.73. The number of rotatable bonds is 6. The summed E-state index contributed by atoms with van der Waals surface area (Å²) in [6.07, 6.45) is 2.72. The molecule has 28 heavy (non-hydrogen) atoms. The molecular weight excluding hydrogens is 346 g/mol. The standard InChI is InChI=1S/C23H23N5/c24-15-18-10-8-17(9-11-18)12-14-25-22(19-5-2-1-3-6-19)21-16-27-20-7-4-13-26-23(20)28-21/h1-11,13,21-22,25,27H,12,14,16H2,(H,26,28). The van der Waals surface area contributed by atoms with Crippen molar-refractivity contribution in [2.75, 3.05) is 23.7 Å². The second kappa shape index (κ2) is 8.55. The van der Waals surface area contributed by atoms with Crippen molar-refractivity contribution in [1.29, 1.82) is 5.26 Å². The molecule has 0 amide bonds. The highest BCUT2D eigenvalue weighted by atomic mass is 15.2. The van der Waals surface area contributed by atoms with Gasteiger partial charge in [0.15, 0.2) is 0 Å². The molecule has 0 aliphatic carbocycles. The van der Waals surface area contributed by atoms with E-state index in [0.29, 0.717) is 5.56 Å². The molecule has 3 N–H and O–H groups in total. The lowest BCUT2D eigenvalue weighted by Crippen LogP contribution is -2.44. The van der Waals surface area contributed by atoms with Gasteiger partial charge >= 0.3 is 0 Å². The number of fused-ring (bicyclic) bond motifs is 1. The molecule has 5 heteroatoms. The molecule has 2 heterocycles. The summed E-state index contributed by atoms with van der Waals surface area (Å²) >= 11 is 0. The van der Waals surface area contributed by atoms with Gasteiger partial charge in [-0.05, 0) is 48.4 Å². The van der Waals surface area contributed by atoms with Crippen molar-refractivity contribution in [3.8, 4) is 6.07 Å². The summed E-state index contributed by atoms with van der Waals surface area (Å²) < 4.78 is 0. The Morgan fingerprint density at radius 2 is 1.89 bits per heavy atom. The molecular formula is C23H23N5. The number of hydrogen-bond acceptors (Lipinski definition) is 5. The van der Waals surface area contributed by atoms with E-state index < -0.39 is 0 Å². The Hall–Kier alpha value is -3.36. The number of nitriles is 1. The molecule has 0 radical (unpaired) electrons. The van der Waals surface area contributed by atoms with E-state index in [9.17, 15) is 0 Å². The van der Waals surface area contributed by atoms with Gasteiger partial charge in [0, 0.05) is 12.7 Å². The summed E-state index contributed by atoms with van der Waals surface area (Å²) in [5, 5.41) is 19.7. The molecule has 1 aliphatic heterocycles. The van der Waals surface area contributed by atoms with Gasteiger partial charge in [0.2, 0.25) is 0 Å². The molecule has 3 aromatic rings. The molecule has 140 valence electrons. The zero-order valence-electron chi connectivity index (χ0n) is 15.6. The average Bonchev–Trinajstić information content (AvgIpc) is 2.77. The minimum Gasteiger partial charge on any atom is -0.380 e. The van der Waals surface area contributed by atoms with E-state index in [2.05, 4.69) is 51.3 Å². The minimum absolute atomic E-state index is 0.155. The lowest BCUT2D eigenvalue weighted by molar-refractivity contribution is 0.472. The maximum Gasteiger partial charge on any atom is 0.149 e. The second-order valence-corrected chi connectivity index (χ2v) is 6.93. The van der Waals surface area contributed by atoms with Gasteiger partial charge in [0.1, 0.15) is 5.82 Å². The number of pyridine rings is 1. The molecule has 4 rings (SSSR count). The Morgan fingerprint density at radius 3 is 2.68 bits per heavy atom. The quantitative estimate of drug-likeness (QED) is 0.617. The molecule has 1 aromatic heterocycles. The predicted molar refractivity (Wildman–Crippen MR) is 112 cm³/mol. The number of anilines is 2. The fourth-order valence-electron chi connectivity index (χ4n) is 3.58. The fraction of sp³-hybridized carbons (Fsp3) is 0.217. The van der Waals surface area contributed by atoms with Crippen LogP contribution in [0.3, 0.4) is 0 Å². The fourth-order valence-corrected chi connectivity index (χ4v) is 3.58. The van der Waals surface area contributed by atoms with Crippen LogP contribution in [-0.4, -0.2) is 24.1 Å². The van der Waals surface area contributed by atoms with Crippen LogP contribution in [0.2, 0.25) is 0 Å². The van der Waals surface area contributed by atoms with Crippen LogP contribution in [0.1, 0.15) is 22.7 Å². The molecule has 2 unspecified atom stereocenters. The number of nitrogens with one attached hydrogen (secondary N) is 3. The highest BCUT2D eigenvalue weighted by Crippen LogP contribution is 2.28. The van der Waals surface area contributed by atoms with Crippen LogP contribution < -0.4 is 16.0 Å². The van der Waals surface area contributed by atoms with Crippen molar-refractivity contribution in [1.82, 2.24) is 10.3 Å². The lowest BCUT2D eigenvalue weighted by atomic mass is 9.97. The zero-order chi connectivity index (χ0) is 19.2. The van der Waals surface area contributed by atoms with Crippen LogP contribution in [-0.2, 0) is 6.42 Å². The topological polar surface area (TPSA) is 72.8 Å². The second-order valence-electron chi connectivity index (χ2n) is 6.93. The van der Waals surface area contributed by atoms with Crippen LogP contribution in [0.4, 0.5) is 11.5 Å². The van der Waals surface area contributed by atoms with E-state index in [0.717, 1.165) is 31.0 Å². The molecule has 0 bridgehead atoms. The maximum atomic E-state index is 8.94. The van der Waals surface area contributed by atoms with Crippen molar-refractivity contribution in [2.45, 2.75) is 18.5 Å². The summed E-state index contributed by atoms with van der Waals surface area (Å²) in [5.74, 6) is 0.897. The monoisotopic (exact) mass is 369 g/mol. The van der Waals surface area contributed by atoms with E-state index in [4.69, 9.17) is 5.26 Å². The molecule has 0 saturated carbocycles. The average molecular weight is 369 g/mol. The van der Waals surface area contributed by atoms with Crippen LogP contribution in [0, 0.1) is 11.3 Å². The highest BCUT2D eigenvalue weighted by Gasteiger charge is 2.27. The van der Waals surface area contributed by atoms with Gasteiger partial charge in [0.05, 0.1) is 29.4 Å². The third-order valence-electron chi connectivity index (χ3n) is 5.06. The first kappa shape index (κ1) is 18.0. The van der Waals surface area contributed by atoms with Crippen molar-refractivity contribution < 1.29 is 0 Å². The maximum absolute atomic E-state index is 8.94. The van der Waals surface area contributed by atoms with E-state index in [1.54, 1.807) is 0 Å². The summed E-state index contributed by atoms with van der Waals surface area (Å²) in [4.78, 5) is 4.46. The van der Waals surface area contributed by atoms with Crippen molar-refractivity contribution in [2.24, 2.45) is 0 Å². The first-order valence-corrected chi connectivity index (χ1v) is 9.56. The smallest absolute Gasteiger partial charge is 0.149 e. The summed E-state index contributed by atoms with van der Waals surface area (Å²) in [7, 11) is 0. The number of hydrogen-bond donors (Lipinski definition) is 3. The van der Waals surface area contributed by atoms with Gasteiger partial charge in [0.25, 0.3) is 0 Å². The molecule has 0 saturated heterocycles. The third kappa shape index (κ3) is 4.13. The van der Waals surface area contributed by atoms with Gasteiger partial charge in [-0.2, -0.15) is 5.26 Å². The van der Waals surface area contributed by atoms with Gasteiger partial charge in [-0.25, -0.2) is 4.98 Å². The van der Waals surface area contributed by atoms with Gasteiger partial charge in [-0.1, -0.05) is 42.5 Å². The van der Waals surface area contributed by atoms with Crippen molar-refractivity contribution in [3.63, 3.8) is 0 Å². The Labute approximate surface area is 165 Å². The first-order chi connectivity index (χ1) is 13.8. The van der Waals surface area contributed by atoms with Crippen LogP contribution in [0.5, 0.6) is 0 Å². The van der Waals surface area contributed by atoms with Gasteiger partial charge in [-0.3, -0.25) is 0 Å². The molecule has 2 atom stereocenters. The molecule has 2 aromatic carbocycles. The molecule has 1 aliphatic rings. The summed E-state index contributed by atoms with van der Waals surface area (Å²) in [5.41, 5.74) is 4.21. The largest absolute Gasteiger partial charge is 0.380 e. The SMILES string of the molecule is N#Cc1ccc(CCNC(c2ccccc2)C2CNc3cccnc3N2)cc1. The van der Waals surface area contributed by atoms with Crippen LogP contribution in [0.15, 0.2) is 72.9 Å². The Bertz CT molecular complexity index is 947. The van der Waals surface area contributed by atoms with Crippen LogP contribution >= 0.6 is 0 Å². The van der Waals surface area contributed by atoms with E-state index >= 15 is 0 Å². The number of aromatic nitrogens is 1. The zero-order valence-corrected chi connectivity index (χ0v) is 15.6. The lowest BCUT2D eigenvalue weighted by Gasteiger charge is -2.34. The first-order valence-electron chi connectivity index (χ1n) is 9.56. The van der Waals surface area contributed by atoms with Gasteiger partial charge < -0.3 is 16.0 Å². The van der Waals surface area contributed by atoms with Crippen molar-refractivity contribution in [3.05, 3.63) is 89.6 Å². The van der Waals surface area contributed by atoms with Crippen molar-refractivity contribution >= 4 is 11.5 Å². The van der Waals surface area contributed by atoms with Gasteiger partial charge in [-0.15, -0.1) is 0 Å². The third-order valence-corrected chi connectivity index (χ3v) is 5.06. The van der Waals surface area contributed by atoms with E-state index in [-0.39, 0.29) is 12.1 Å². The Kier molecular flexibility index (Phi) is 5.51. The highest BCUT2D eigenvalue weighted by molar-refractivity contribution is 5.67. The summed E-state index contributed by atoms with van der Waals surface area (Å²) in [6, 6.07) is 24.8. The summed E-state index contributed by atoms with van der Waals surface area (Å²) in [6.45, 7) is 1.67. The van der Waals surface area contributed by atoms with E-state index in [1.165, 1.54) is 11.1 Å².